The zero-order valence-corrected chi connectivity index (χ0v) is 17.1. The molecule has 1 aliphatic heterocycles. The molecule has 3 nitrogen and oxygen atoms in total. The van der Waals surface area contributed by atoms with Crippen LogP contribution in [-0.2, 0) is 4.79 Å². The molecule has 1 aromatic heterocycles. The van der Waals surface area contributed by atoms with Gasteiger partial charge in [0.2, 0.25) is 0 Å². The Morgan fingerprint density at radius 1 is 1.11 bits per heavy atom. The maximum Gasteiger partial charge on any atom is 0.270 e. The van der Waals surface area contributed by atoms with Crippen molar-refractivity contribution in [2.75, 3.05) is 4.90 Å². The average Bonchev–Trinajstić information content (AvgIpc) is 3.13. The molecule has 3 aromatic rings. The molecular weight excluding hydrogens is 372 g/mol. The van der Waals surface area contributed by atoms with Crippen molar-refractivity contribution in [2.24, 2.45) is 0 Å². The lowest BCUT2D eigenvalue weighted by Crippen LogP contribution is -2.27. The van der Waals surface area contributed by atoms with Gasteiger partial charge in [-0.3, -0.25) is 9.69 Å². The number of carbonyl (C=O) groups is 1. The summed E-state index contributed by atoms with van der Waals surface area (Å²) < 4.78 is 2.81. The van der Waals surface area contributed by atoms with E-state index in [0.29, 0.717) is 15.3 Å². The van der Waals surface area contributed by atoms with E-state index in [1.54, 1.807) is 4.90 Å². The van der Waals surface area contributed by atoms with Crippen LogP contribution in [0.3, 0.4) is 0 Å². The summed E-state index contributed by atoms with van der Waals surface area (Å²) in [5.74, 6) is -0.0584. The van der Waals surface area contributed by atoms with Crippen LogP contribution in [0.2, 0.25) is 0 Å². The number of para-hydroxylation sites is 1. The van der Waals surface area contributed by atoms with Crippen molar-refractivity contribution >= 4 is 56.9 Å². The van der Waals surface area contributed by atoms with Gasteiger partial charge in [-0.15, -0.1) is 0 Å². The number of carbonyl (C=O) groups excluding carboxylic acids is 1. The minimum absolute atomic E-state index is 0.0584. The van der Waals surface area contributed by atoms with E-state index in [1.807, 2.05) is 49.4 Å². The number of benzene rings is 2. The quantitative estimate of drug-likeness (QED) is 0.408. The molecule has 5 heteroatoms. The largest absolute Gasteiger partial charge is 0.344 e. The molecule has 0 unspecified atom stereocenters. The molecule has 1 fully saturated rings. The second-order valence-electron chi connectivity index (χ2n) is 6.96. The van der Waals surface area contributed by atoms with Crippen molar-refractivity contribution in [1.82, 2.24) is 4.57 Å². The Balaban J connectivity index is 1.77. The summed E-state index contributed by atoms with van der Waals surface area (Å²) in [6, 6.07) is 16.5. The third-order valence-corrected chi connectivity index (χ3v) is 5.97. The van der Waals surface area contributed by atoms with E-state index in [2.05, 4.69) is 36.7 Å². The van der Waals surface area contributed by atoms with E-state index in [9.17, 15) is 4.79 Å². The zero-order chi connectivity index (χ0) is 19.1. The smallest absolute Gasteiger partial charge is 0.270 e. The number of nitrogens with zero attached hydrogens (tertiary/aromatic N) is 2. The van der Waals surface area contributed by atoms with Gasteiger partial charge in [0.05, 0.1) is 10.6 Å². The standard InChI is InChI=1S/C22H20N2OS2/c1-14(2)23-13-16(18-9-4-5-10-19(18)23)12-20-21(25)24(22(26)27-20)17-8-6-7-15(3)11-17/h4-14H,1-3H3/b20-12-. The van der Waals surface area contributed by atoms with E-state index in [4.69, 9.17) is 12.2 Å². The number of aromatic nitrogens is 1. The van der Waals surface area contributed by atoms with Crippen molar-refractivity contribution < 1.29 is 4.79 Å². The van der Waals surface area contributed by atoms with Gasteiger partial charge in [-0.1, -0.05) is 54.3 Å². The lowest BCUT2D eigenvalue weighted by atomic mass is 10.1. The fourth-order valence-electron chi connectivity index (χ4n) is 3.37. The third-order valence-electron chi connectivity index (χ3n) is 4.67. The molecule has 0 aliphatic carbocycles. The fourth-order valence-corrected chi connectivity index (χ4v) is 4.66. The van der Waals surface area contributed by atoms with Gasteiger partial charge in [0.15, 0.2) is 4.32 Å². The molecule has 136 valence electrons. The van der Waals surface area contributed by atoms with E-state index in [1.165, 1.54) is 17.3 Å². The Kier molecular flexibility index (Phi) is 4.66. The van der Waals surface area contributed by atoms with Crippen LogP contribution in [-0.4, -0.2) is 14.8 Å². The van der Waals surface area contributed by atoms with Crippen LogP contribution >= 0.6 is 24.0 Å². The highest BCUT2D eigenvalue weighted by atomic mass is 32.2. The number of aryl methyl sites for hydroxylation is 1. The molecule has 0 N–H and O–H groups in total. The van der Waals surface area contributed by atoms with Gasteiger partial charge >= 0.3 is 0 Å². The lowest BCUT2D eigenvalue weighted by Gasteiger charge is -2.14. The second-order valence-corrected chi connectivity index (χ2v) is 8.63. The van der Waals surface area contributed by atoms with Crippen molar-refractivity contribution in [3.05, 3.63) is 70.8 Å². The second kappa shape index (κ2) is 6.98. The Morgan fingerprint density at radius 3 is 2.63 bits per heavy atom. The molecular formula is C22H20N2OS2. The number of rotatable bonds is 3. The summed E-state index contributed by atoms with van der Waals surface area (Å²) in [6.45, 7) is 6.33. The minimum atomic E-state index is -0.0584. The van der Waals surface area contributed by atoms with E-state index >= 15 is 0 Å². The first-order valence-corrected chi connectivity index (χ1v) is 10.1. The van der Waals surface area contributed by atoms with Crippen LogP contribution in [0.25, 0.3) is 17.0 Å². The predicted octanol–water partition coefficient (Wildman–Crippen LogP) is 5.94. The molecule has 2 heterocycles. The Hall–Kier alpha value is -2.37. The van der Waals surface area contributed by atoms with Gasteiger partial charge < -0.3 is 4.57 Å². The van der Waals surface area contributed by atoms with Gasteiger partial charge in [0, 0.05) is 28.7 Å². The van der Waals surface area contributed by atoms with Gasteiger partial charge in [-0.25, -0.2) is 0 Å². The first-order valence-electron chi connectivity index (χ1n) is 8.90. The summed E-state index contributed by atoms with van der Waals surface area (Å²) in [4.78, 5) is 15.3. The summed E-state index contributed by atoms with van der Waals surface area (Å²) >= 11 is 6.86. The summed E-state index contributed by atoms with van der Waals surface area (Å²) in [6.07, 6.45) is 4.09. The molecule has 0 spiro atoms. The minimum Gasteiger partial charge on any atom is -0.344 e. The topological polar surface area (TPSA) is 25.2 Å². The first-order chi connectivity index (χ1) is 13.0. The van der Waals surface area contributed by atoms with Crippen molar-refractivity contribution in [2.45, 2.75) is 26.8 Å². The summed E-state index contributed by atoms with van der Waals surface area (Å²) in [5.41, 5.74) is 4.15. The molecule has 1 aliphatic rings. The predicted molar refractivity (Wildman–Crippen MR) is 119 cm³/mol. The maximum atomic E-state index is 13.1. The van der Waals surface area contributed by atoms with Crippen LogP contribution in [0.5, 0.6) is 0 Å². The number of thioether (sulfide) groups is 1. The Morgan fingerprint density at radius 2 is 1.89 bits per heavy atom. The number of amides is 1. The number of fused-ring (bicyclic) bond motifs is 1. The first kappa shape index (κ1) is 18.0. The molecule has 0 saturated carbocycles. The number of hydrogen-bond donors (Lipinski definition) is 0. The van der Waals surface area contributed by atoms with Crippen LogP contribution in [0.1, 0.15) is 31.0 Å². The fraction of sp³-hybridized carbons (Fsp3) is 0.182. The molecule has 27 heavy (non-hydrogen) atoms. The third kappa shape index (κ3) is 3.22. The normalized spacial score (nSPS) is 16.3. The van der Waals surface area contributed by atoms with Crippen molar-refractivity contribution in [3.63, 3.8) is 0 Å². The Bertz CT molecular complexity index is 1090. The van der Waals surface area contributed by atoms with E-state index < -0.39 is 0 Å². The number of thiocarbonyl (C=S) groups is 1. The molecule has 1 saturated heterocycles. The number of hydrogen-bond acceptors (Lipinski definition) is 3. The van der Waals surface area contributed by atoms with Crippen molar-refractivity contribution in [3.8, 4) is 0 Å². The highest BCUT2D eigenvalue weighted by Crippen LogP contribution is 2.37. The summed E-state index contributed by atoms with van der Waals surface area (Å²) in [5, 5.41) is 1.15. The zero-order valence-electron chi connectivity index (χ0n) is 15.5. The molecule has 0 atom stereocenters. The van der Waals surface area contributed by atoms with Crippen LogP contribution in [0.4, 0.5) is 5.69 Å². The molecule has 0 bridgehead atoms. The highest BCUT2D eigenvalue weighted by molar-refractivity contribution is 8.27. The SMILES string of the molecule is Cc1cccc(N2C(=O)/C(=C/c3cn(C(C)C)c4ccccc34)SC2=S)c1. The highest BCUT2D eigenvalue weighted by Gasteiger charge is 2.33. The monoisotopic (exact) mass is 392 g/mol. The van der Waals surface area contributed by atoms with E-state index in [-0.39, 0.29) is 5.91 Å². The lowest BCUT2D eigenvalue weighted by molar-refractivity contribution is -0.113. The molecule has 2 aromatic carbocycles. The van der Waals surface area contributed by atoms with E-state index in [0.717, 1.165) is 22.2 Å². The summed E-state index contributed by atoms with van der Waals surface area (Å²) in [7, 11) is 0. The maximum absolute atomic E-state index is 13.1. The molecule has 1 amide bonds. The van der Waals surface area contributed by atoms with Crippen LogP contribution in [0, 0.1) is 6.92 Å². The molecule has 0 radical (unpaired) electrons. The molecule has 4 rings (SSSR count). The van der Waals surface area contributed by atoms with Crippen LogP contribution in [0.15, 0.2) is 59.6 Å². The number of anilines is 1. The van der Waals surface area contributed by atoms with Crippen LogP contribution < -0.4 is 4.90 Å². The van der Waals surface area contributed by atoms with Gasteiger partial charge in [-0.05, 0) is 50.6 Å². The van der Waals surface area contributed by atoms with Gasteiger partial charge in [0.25, 0.3) is 5.91 Å². The van der Waals surface area contributed by atoms with Crippen molar-refractivity contribution in [1.29, 1.82) is 0 Å². The van der Waals surface area contributed by atoms with Gasteiger partial charge in [-0.2, -0.15) is 0 Å². The van der Waals surface area contributed by atoms with Gasteiger partial charge in [0.1, 0.15) is 0 Å². The Labute approximate surface area is 168 Å². The average molecular weight is 393 g/mol.